The van der Waals surface area contributed by atoms with Gasteiger partial charge in [-0.15, -0.1) is 0 Å². The average Bonchev–Trinajstić information content (AvgIpc) is 3.00. The first-order valence-electron chi connectivity index (χ1n) is 7.53. The van der Waals surface area contributed by atoms with E-state index in [2.05, 4.69) is 16.7 Å². The van der Waals surface area contributed by atoms with E-state index in [1.165, 1.54) is 5.56 Å². The SMILES string of the molecule is O=C(NCCC1CCOC1)C1CCc2ccccc2N1. The second-order valence-electron chi connectivity index (χ2n) is 5.70. The van der Waals surface area contributed by atoms with Crippen LogP contribution in [-0.2, 0) is 16.0 Å². The van der Waals surface area contributed by atoms with Crippen molar-refractivity contribution in [2.45, 2.75) is 31.7 Å². The van der Waals surface area contributed by atoms with Crippen LogP contribution in [0, 0.1) is 5.92 Å². The van der Waals surface area contributed by atoms with Gasteiger partial charge in [0.05, 0.1) is 0 Å². The number of fused-ring (bicyclic) bond motifs is 1. The van der Waals surface area contributed by atoms with Crippen molar-refractivity contribution in [2.75, 3.05) is 25.1 Å². The number of ether oxygens (including phenoxy) is 1. The Morgan fingerprint density at radius 2 is 2.25 bits per heavy atom. The summed E-state index contributed by atoms with van der Waals surface area (Å²) in [7, 11) is 0. The maximum absolute atomic E-state index is 12.2. The molecule has 3 rings (SSSR count). The van der Waals surface area contributed by atoms with Gasteiger partial charge in [0, 0.05) is 25.4 Å². The summed E-state index contributed by atoms with van der Waals surface area (Å²) in [5.41, 5.74) is 2.41. The lowest BCUT2D eigenvalue weighted by atomic mass is 9.97. The van der Waals surface area contributed by atoms with Crippen LogP contribution in [-0.4, -0.2) is 31.7 Å². The molecule has 4 heteroatoms. The fraction of sp³-hybridized carbons (Fsp3) is 0.562. The fourth-order valence-corrected chi connectivity index (χ4v) is 2.97. The van der Waals surface area contributed by atoms with Crippen LogP contribution in [0.25, 0.3) is 0 Å². The first kappa shape index (κ1) is 13.4. The molecule has 2 heterocycles. The molecule has 0 aliphatic carbocycles. The number of para-hydroxylation sites is 1. The molecule has 2 unspecified atom stereocenters. The minimum absolute atomic E-state index is 0.0928. The zero-order chi connectivity index (χ0) is 13.8. The molecule has 0 saturated carbocycles. The molecular weight excluding hydrogens is 252 g/mol. The normalized spacial score (nSPS) is 24.8. The predicted octanol–water partition coefficient (Wildman–Crippen LogP) is 1.96. The van der Waals surface area contributed by atoms with Crippen LogP contribution in [0.15, 0.2) is 24.3 Å². The third-order valence-electron chi connectivity index (χ3n) is 4.24. The number of carbonyl (C=O) groups excluding carboxylic acids is 1. The lowest BCUT2D eigenvalue weighted by Crippen LogP contribution is -2.42. The van der Waals surface area contributed by atoms with E-state index in [9.17, 15) is 4.79 Å². The van der Waals surface area contributed by atoms with Crippen molar-refractivity contribution in [1.29, 1.82) is 0 Å². The van der Waals surface area contributed by atoms with Crippen LogP contribution in [0.4, 0.5) is 5.69 Å². The maximum atomic E-state index is 12.2. The summed E-state index contributed by atoms with van der Waals surface area (Å²) in [5.74, 6) is 0.744. The Kier molecular flexibility index (Phi) is 4.21. The molecule has 2 atom stereocenters. The van der Waals surface area contributed by atoms with Crippen molar-refractivity contribution in [3.05, 3.63) is 29.8 Å². The van der Waals surface area contributed by atoms with Gasteiger partial charge in [-0.25, -0.2) is 0 Å². The summed E-state index contributed by atoms with van der Waals surface area (Å²) < 4.78 is 5.34. The van der Waals surface area contributed by atoms with Gasteiger partial charge < -0.3 is 15.4 Å². The van der Waals surface area contributed by atoms with Crippen molar-refractivity contribution in [3.63, 3.8) is 0 Å². The molecule has 0 spiro atoms. The van der Waals surface area contributed by atoms with Crippen LogP contribution in [0.2, 0.25) is 0 Å². The molecule has 1 aromatic carbocycles. The number of hydrogen-bond donors (Lipinski definition) is 2. The van der Waals surface area contributed by atoms with Gasteiger partial charge in [-0.2, -0.15) is 0 Å². The predicted molar refractivity (Wildman–Crippen MR) is 78.7 cm³/mol. The molecule has 0 aromatic heterocycles. The highest BCUT2D eigenvalue weighted by atomic mass is 16.5. The second-order valence-corrected chi connectivity index (χ2v) is 5.70. The van der Waals surface area contributed by atoms with Gasteiger partial charge in [-0.1, -0.05) is 18.2 Å². The first-order valence-corrected chi connectivity index (χ1v) is 7.53. The lowest BCUT2D eigenvalue weighted by Gasteiger charge is -2.26. The summed E-state index contributed by atoms with van der Waals surface area (Å²) >= 11 is 0. The topological polar surface area (TPSA) is 50.4 Å². The molecule has 4 nitrogen and oxygen atoms in total. The molecule has 0 radical (unpaired) electrons. The van der Waals surface area contributed by atoms with Crippen LogP contribution < -0.4 is 10.6 Å². The minimum Gasteiger partial charge on any atom is -0.381 e. The Morgan fingerprint density at radius 3 is 3.10 bits per heavy atom. The van der Waals surface area contributed by atoms with E-state index < -0.39 is 0 Å². The Balaban J connectivity index is 1.46. The van der Waals surface area contributed by atoms with Gasteiger partial charge in [0.25, 0.3) is 0 Å². The number of rotatable bonds is 4. The van der Waals surface area contributed by atoms with Crippen molar-refractivity contribution in [1.82, 2.24) is 5.32 Å². The van der Waals surface area contributed by atoms with Crippen molar-refractivity contribution in [3.8, 4) is 0 Å². The van der Waals surface area contributed by atoms with Crippen molar-refractivity contribution < 1.29 is 9.53 Å². The fourth-order valence-electron chi connectivity index (χ4n) is 2.97. The maximum Gasteiger partial charge on any atom is 0.242 e. The summed E-state index contributed by atoms with van der Waals surface area (Å²) in [6.07, 6.45) is 3.99. The third-order valence-corrected chi connectivity index (χ3v) is 4.24. The first-order chi connectivity index (χ1) is 9.83. The standard InChI is InChI=1S/C16H22N2O2/c19-16(17-9-7-12-8-10-20-11-12)15-6-5-13-3-1-2-4-14(13)18-15/h1-4,12,15,18H,5-11H2,(H,17,19). The van der Waals surface area contributed by atoms with Gasteiger partial charge >= 0.3 is 0 Å². The highest BCUT2D eigenvalue weighted by Gasteiger charge is 2.23. The van der Waals surface area contributed by atoms with Gasteiger partial charge in [0.15, 0.2) is 0 Å². The van der Waals surface area contributed by atoms with E-state index in [1.807, 2.05) is 18.2 Å². The zero-order valence-electron chi connectivity index (χ0n) is 11.7. The number of aryl methyl sites for hydroxylation is 1. The van der Waals surface area contributed by atoms with E-state index in [0.29, 0.717) is 5.92 Å². The highest BCUT2D eigenvalue weighted by Crippen LogP contribution is 2.24. The molecule has 1 amide bonds. The summed E-state index contributed by atoms with van der Waals surface area (Å²) in [6.45, 7) is 2.48. The summed E-state index contributed by atoms with van der Waals surface area (Å²) in [4.78, 5) is 12.2. The molecule has 1 saturated heterocycles. The minimum atomic E-state index is -0.0928. The number of amides is 1. The van der Waals surface area contributed by atoms with Crippen molar-refractivity contribution in [2.24, 2.45) is 5.92 Å². The highest BCUT2D eigenvalue weighted by molar-refractivity contribution is 5.85. The average molecular weight is 274 g/mol. The Hall–Kier alpha value is -1.55. The molecular formula is C16H22N2O2. The largest absolute Gasteiger partial charge is 0.381 e. The molecule has 2 N–H and O–H groups in total. The van der Waals surface area contributed by atoms with Crippen LogP contribution in [0.5, 0.6) is 0 Å². The van der Waals surface area contributed by atoms with Gasteiger partial charge in [0.1, 0.15) is 6.04 Å². The summed E-state index contributed by atoms with van der Waals surface area (Å²) in [5, 5.41) is 6.39. The number of anilines is 1. The van der Waals surface area contributed by atoms with Gasteiger partial charge in [-0.3, -0.25) is 4.79 Å². The van der Waals surface area contributed by atoms with E-state index >= 15 is 0 Å². The molecule has 1 fully saturated rings. The van der Waals surface area contributed by atoms with E-state index in [0.717, 1.165) is 51.1 Å². The van der Waals surface area contributed by atoms with E-state index in [1.54, 1.807) is 0 Å². The molecule has 2 aliphatic heterocycles. The number of benzene rings is 1. The molecule has 108 valence electrons. The van der Waals surface area contributed by atoms with E-state index in [4.69, 9.17) is 4.74 Å². The summed E-state index contributed by atoms with van der Waals surface area (Å²) in [6, 6.07) is 8.13. The van der Waals surface area contributed by atoms with Crippen LogP contribution in [0.1, 0.15) is 24.8 Å². The smallest absolute Gasteiger partial charge is 0.242 e. The Morgan fingerprint density at radius 1 is 1.35 bits per heavy atom. The Bertz CT molecular complexity index is 469. The van der Waals surface area contributed by atoms with Crippen LogP contribution >= 0.6 is 0 Å². The van der Waals surface area contributed by atoms with Crippen LogP contribution in [0.3, 0.4) is 0 Å². The molecule has 20 heavy (non-hydrogen) atoms. The van der Waals surface area contributed by atoms with E-state index in [-0.39, 0.29) is 11.9 Å². The third kappa shape index (κ3) is 3.12. The quantitative estimate of drug-likeness (QED) is 0.882. The van der Waals surface area contributed by atoms with Gasteiger partial charge in [0.2, 0.25) is 5.91 Å². The second kappa shape index (κ2) is 6.27. The number of carbonyl (C=O) groups is 1. The van der Waals surface area contributed by atoms with Gasteiger partial charge in [-0.05, 0) is 43.2 Å². The monoisotopic (exact) mass is 274 g/mol. The Labute approximate surface area is 119 Å². The molecule has 0 bridgehead atoms. The molecule has 1 aromatic rings. The number of hydrogen-bond acceptors (Lipinski definition) is 3. The number of nitrogens with one attached hydrogen (secondary N) is 2. The lowest BCUT2D eigenvalue weighted by molar-refractivity contribution is -0.122. The zero-order valence-corrected chi connectivity index (χ0v) is 11.7. The van der Waals surface area contributed by atoms with Crippen molar-refractivity contribution >= 4 is 11.6 Å². The molecule has 2 aliphatic rings.